The van der Waals surface area contributed by atoms with Crippen molar-refractivity contribution < 1.29 is 18.7 Å². The van der Waals surface area contributed by atoms with Crippen LogP contribution in [0.25, 0.3) is 0 Å². The van der Waals surface area contributed by atoms with Gasteiger partial charge in [-0.1, -0.05) is 23.8 Å². The normalized spacial score (nSPS) is 15.8. The van der Waals surface area contributed by atoms with E-state index in [1.165, 1.54) is 12.1 Å². The fraction of sp³-hybridized carbons (Fsp3) is 0.320. The largest absolute Gasteiger partial charge is 0.438 e. The van der Waals surface area contributed by atoms with Gasteiger partial charge in [0.05, 0.1) is 31.0 Å². The van der Waals surface area contributed by atoms with Crippen molar-refractivity contribution >= 4 is 11.9 Å². The van der Waals surface area contributed by atoms with Crippen LogP contribution in [0.3, 0.4) is 0 Å². The molecule has 1 amide bonds. The Hall–Kier alpha value is -3.52. The Morgan fingerprint density at radius 2 is 1.85 bits per heavy atom. The van der Waals surface area contributed by atoms with Crippen molar-refractivity contribution in [2.24, 2.45) is 0 Å². The molecule has 0 radical (unpaired) electrons. The fourth-order valence-electron chi connectivity index (χ4n) is 4.06. The summed E-state index contributed by atoms with van der Waals surface area (Å²) in [6, 6.07) is 13.5. The minimum atomic E-state index is -0.430. The number of aryl methyl sites for hydroxylation is 1. The first-order chi connectivity index (χ1) is 16.1. The highest BCUT2D eigenvalue weighted by atomic mass is 19.1. The lowest BCUT2D eigenvalue weighted by atomic mass is 10.0. The number of amides is 1. The van der Waals surface area contributed by atoms with Crippen molar-refractivity contribution in [2.45, 2.75) is 19.9 Å². The van der Waals surface area contributed by atoms with Crippen LogP contribution in [-0.2, 0) is 17.7 Å². The molecule has 0 bridgehead atoms. The van der Waals surface area contributed by atoms with Crippen molar-refractivity contribution in [3.8, 4) is 11.6 Å². The molecule has 0 N–H and O–H groups in total. The molecular formula is C25H25FN4O3. The van der Waals surface area contributed by atoms with Gasteiger partial charge < -0.3 is 19.3 Å². The molecule has 5 rings (SSSR count). The van der Waals surface area contributed by atoms with Crippen molar-refractivity contribution in [1.29, 1.82) is 0 Å². The van der Waals surface area contributed by atoms with E-state index in [1.54, 1.807) is 17.0 Å². The number of carbonyl (C=O) groups excluding carboxylic acids is 1. The first kappa shape index (κ1) is 21.3. The first-order valence-electron chi connectivity index (χ1n) is 11.1. The van der Waals surface area contributed by atoms with Gasteiger partial charge in [-0.25, -0.2) is 9.37 Å². The SMILES string of the molecule is Cc1ccc(Oc2nc(N3CCOCC3)nc3c2CN(C(=O)c2cccc(F)c2)CC3)cc1. The Bertz CT molecular complexity index is 1160. The Balaban J connectivity index is 1.48. The quantitative estimate of drug-likeness (QED) is 0.606. The van der Waals surface area contributed by atoms with Gasteiger partial charge in [0.15, 0.2) is 0 Å². The molecule has 1 fully saturated rings. The molecule has 33 heavy (non-hydrogen) atoms. The maximum Gasteiger partial charge on any atom is 0.254 e. The zero-order chi connectivity index (χ0) is 22.8. The van der Waals surface area contributed by atoms with Crippen LogP contribution in [0.1, 0.15) is 27.2 Å². The monoisotopic (exact) mass is 448 g/mol. The minimum absolute atomic E-state index is 0.223. The molecule has 7 nitrogen and oxygen atoms in total. The van der Waals surface area contributed by atoms with Gasteiger partial charge in [-0.3, -0.25) is 4.79 Å². The van der Waals surface area contributed by atoms with E-state index >= 15 is 0 Å². The number of anilines is 1. The number of rotatable bonds is 4. The van der Waals surface area contributed by atoms with E-state index in [0.29, 0.717) is 69.0 Å². The second-order valence-corrected chi connectivity index (χ2v) is 8.26. The average Bonchev–Trinajstić information content (AvgIpc) is 2.85. The number of fused-ring (bicyclic) bond motifs is 1. The summed E-state index contributed by atoms with van der Waals surface area (Å²) in [5.41, 5.74) is 3.11. The van der Waals surface area contributed by atoms with Crippen LogP contribution in [0.15, 0.2) is 48.5 Å². The van der Waals surface area contributed by atoms with Crippen molar-refractivity contribution in [1.82, 2.24) is 14.9 Å². The number of halogens is 1. The van der Waals surface area contributed by atoms with Crippen LogP contribution < -0.4 is 9.64 Å². The van der Waals surface area contributed by atoms with E-state index in [-0.39, 0.29) is 5.91 Å². The Morgan fingerprint density at radius 3 is 2.61 bits per heavy atom. The second kappa shape index (κ2) is 9.15. The summed E-state index contributed by atoms with van der Waals surface area (Å²) < 4.78 is 25.3. The molecule has 0 unspecified atom stereocenters. The molecule has 1 saturated heterocycles. The van der Waals surface area contributed by atoms with Crippen LogP contribution in [0.2, 0.25) is 0 Å². The highest BCUT2D eigenvalue weighted by Crippen LogP contribution is 2.32. The molecule has 170 valence electrons. The third-order valence-corrected chi connectivity index (χ3v) is 5.90. The Labute approximate surface area is 191 Å². The summed E-state index contributed by atoms with van der Waals surface area (Å²) in [4.78, 5) is 26.4. The maximum absolute atomic E-state index is 13.7. The summed E-state index contributed by atoms with van der Waals surface area (Å²) >= 11 is 0. The van der Waals surface area contributed by atoms with Crippen LogP contribution >= 0.6 is 0 Å². The standard InChI is InChI=1S/C25H25FN4O3/c1-17-5-7-20(8-6-17)33-23-21-16-30(24(31)18-3-2-4-19(26)15-18)10-9-22(21)27-25(28-23)29-11-13-32-14-12-29/h2-8,15H,9-14,16H2,1H3. The number of hydrogen-bond acceptors (Lipinski definition) is 6. The smallest absolute Gasteiger partial charge is 0.254 e. The predicted octanol–water partition coefficient (Wildman–Crippen LogP) is 3.75. The van der Waals surface area contributed by atoms with Crippen LogP contribution in [-0.4, -0.2) is 53.6 Å². The van der Waals surface area contributed by atoms with Gasteiger partial charge >= 0.3 is 0 Å². The molecule has 2 aromatic carbocycles. The fourth-order valence-corrected chi connectivity index (χ4v) is 4.06. The number of hydrogen-bond donors (Lipinski definition) is 0. The molecule has 0 spiro atoms. The van der Waals surface area contributed by atoms with E-state index < -0.39 is 5.82 Å². The molecule has 0 saturated carbocycles. The molecule has 2 aliphatic rings. The van der Waals surface area contributed by atoms with E-state index in [1.807, 2.05) is 31.2 Å². The van der Waals surface area contributed by atoms with E-state index in [9.17, 15) is 9.18 Å². The summed E-state index contributed by atoms with van der Waals surface area (Å²) in [5.74, 6) is 1.08. The Morgan fingerprint density at radius 1 is 1.06 bits per heavy atom. The lowest BCUT2D eigenvalue weighted by Gasteiger charge is -2.32. The van der Waals surface area contributed by atoms with Gasteiger partial charge in [-0.2, -0.15) is 4.98 Å². The van der Waals surface area contributed by atoms with Crippen molar-refractivity contribution in [2.75, 3.05) is 37.7 Å². The number of benzene rings is 2. The van der Waals surface area contributed by atoms with Crippen LogP contribution in [0, 0.1) is 12.7 Å². The topological polar surface area (TPSA) is 67.8 Å². The minimum Gasteiger partial charge on any atom is -0.438 e. The molecule has 0 atom stereocenters. The zero-order valence-corrected chi connectivity index (χ0v) is 18.5. The second-order valence-electron chi connectivity index (χ2n) is 8.26. The molecule has 1 aromatic heterocycles. The molecule has 2 aliphatic heterocycles. The van der Waals surface area contributed by atoms with Gasteiger partial charge in [0, 0.05) is 31.6 Å². The maximum atomic E-state index is 13.7. The van der Waals surface area contributed by atoms with Crippen molar-refractivity contribution in [3.05, 3.63) is 76.7 Å². The van der Waals surface area contributed by atoms with Gasteiger partial charge in [-0.15, -0.1) is 0 Å². The lowest BCUT2D eigenvalue weighted by molar-refractivity contribution is 0.0731. The lowest BCUT2D eigenvalue weighted by Crippen LogP contribution is -2.39. The summed E-state index contributed by atoms with van der Waals surface area (Å²) in [5, 5.41) is 0. The molecule has 0 aliphatic carbocycles. The average molecular weight is 448 g/mol. The third-order valence-electron chi connectivity index (χ3n) is 5.90. The number of morpholine rings is 1. The van der Waals surface area contributed by atoms with E-state index in [4.69, 9.17) is 19.4 Å². The van der Waals surface area contributed by atoms with Crippen LogP contribution in [0.4, 0.5) is 10.3 Å². The molecule has 3 heterocycles. The highest BCUT2D eigenvalue weighted by molar-refractivity contribution is 5.94. The van der Waals surface area contributed by atoms with Gasteiger partial charge in [0.2, 0.25) is 11.8 Å². The summed E-state index contributed by atoms with van der Waals surface area (Å²) in [6.07, 6.45) is 0.570. The summed E-state index contributed by atoms with van der Waals surface area (Å²) in [6.45, 7) is 5.50. The van der Waals surface area contributed by atoms with E-state index in [0.717, 1.165) is 16.8 Å². The first-order valence-corrected chi connectivity index (χ1v) is 11.1. The Kier molecular flexibility index (Phi) is 5.92. The zero-order valence-electron chi connectivity index (χ0n) is 18.5. The number of ether oxygens (including phenoxy) is 2. The predicted molar refractivity (Wildman–Crippen MR) is 121 cm³/mol. The van der Waals surface area contributed by atoms with Gasteiger partial charge in [0.1, 0.15) is 11.6 Å². The van der Waals surface area contributed by atoms with Crippen molar-refractivity contribution in [3.63, 3.8) is 0 Å². The third kappa shape index (κ3) is 4.66. The van der Waals surface area contributed by atoms with Crippen LogP contribution in [0.5, 0.6) is 11.6 Å². The highest BCUT2D eigenvalue weighted by Gasteiger charge is 2.29. The van der Waals surface area contributed by atoms with E-state index in [2.05, 4.69) is 4.90 Å². The number of carbonyl (C=O) groups is 1. The van der Waals surface area contributed by atoms with Gasteiger partial charge in [0.25, 0.3) is 5.91 Å². The summed E-state index contributed by atoms with van der Waals surface area (Å²) in [7, 11) is 0. The molecular weight excluding hydrogens is 423 g/mol. The van der Waals surface area contributed by atoms with Gasteiger partial charge in [-0.05, 0) is 37.3 Å². The number of nitrogens with zero attached hydrogens (tertiary/aromatic N) is 4. The molecule has 3 aromatic rings. The molecule has 8 heteroatoms. The number of aromatic nitrogens is 2.